The lowest BCUT2D eigenvalue weighted by Crippen LogP contribution is -2.42. The Morgan fingerprint density at radius 1 is 1.50 bits per heavy atom. The second-order valence-electron chi connectivity index (χ2n) is 3.50. The van der Waals surface area contributed by atoms with E-state index < -0.39 is 0 Å². The monoisotopic (exact) mass is 198 g/mol. The van der Waals surface area contributed by atoms with Gasteiger partial charge in [-0.3, -0.25) is 0 Å². The number of hydrogen-bond acceptors (Lipinski definition) is 6. The summed E-state index contributed by atoms with van der Waals surface area (Å²) in [6.07, 6.45) is 3.18. The predicted molar refractivity (Wildman–Crippen MR) is 50.8 cm³/mol. The lowest BCUT2D eigenvalue weighted by atomic mass is 10.0. The highest BCUT2D eigenvalue weighted by Gasteiger charge is 2.26. The molecule has 0 spiro atoms. The molecule has 1 aromatic heterocycles. The molecule has 0 bridgehead atoms. The molecule has 1 saturated heterocycles. The van der Waals surface area contributed by atoms with Gasteiger partial charge in [0, 0.05) is 6.54 Å². The summed E-state index contributed by atoms with van der Waals surface area (Å²) in [5, 5.41) is 16.5. The molecule has 6 nitrogen and oxygen atoms in total. The first-order valence-corrected chi connectivity index (χ1v) is 4.78. The van der Waals surface area contributed by atoms with Crippen molar-refractivity contribution >= 4 is 11.6 Å². The van der Waals surface area contributed by atoms with Gasteiger partial charge in [0.2, 0.25) is 11.6 Å². The van der Waals surface area contributed by atoms with Gasteiger partial charge in [0.1, 0.15) is 0 Å². The van der Waals surface area contributed by atoms with Crippen LogP contribution in [0.2, 0.25) is 0 Å². The van der Waals surface area contributed by atoms with Gasteiger partial charge in [-0.15, -0.1) is 0 Å². The quantitative estimate of drug-likeness (QED) is 0.695. The third-order valence-corrected chi connectivity index (χ3v) is 2.61. The van der Waals surface area contributed by atoms with Crippen molar-refractivity contribution in [2.45, 2.75) is 25.3 Å². The summed E-state index contributed by atoms with van der Waals surface area (Å²) in [4.78, 5) is 1.97. The van der Waals surface area contributed by atoms with Crippen LogP contribution < -0.4 is 10.6 Å². The maximum atomic E-state index is 9.19. The molecule has 1 fully saturated rings. The highest BCUT2D eigenvalue weighted by Crippen LogP contribution is 2.26. The summed E-state index contributed by atoms with van der Waals surface area (Å²) in [5.41, 5.74) is 5.60. The van der Waals surface area contributed by atoms with E-state index in [4.69, 9.17) is 5.73 Å². The molecule has 2 rings (SSSR count). The van der Waals surface area contributed by atoms with Gasteiger partial charge in [-0.05, 0) is 29.6 Å². The van der Waals surface area contributed by atoms with E-state index >= 15 is 0 Å². The summed E-state index contributed by atoms with van der Waals surface area (Å²) < 4.78 is 4.54. The fourth-order valence-corrected chi connectivity index (χ4v) is 1.86. The second kappa shape index (κ2) is 3.83. The van der Waals surface area contributed by atoms with Crippen LogP contribution in [-0.2, 0) is 0 Å². The van der Waals surface area contributed by atoms with Crippen molar-refractivity contribution in [3.8, 4) is 0 Å². The minimum absolute atomic E-state index is 0.0953. The topological polar surface area (TPSA) is 88.4 Å². The maximum absolute atomic E-state index is 9.19. The lowest BCUT2D eigenvalue weighted by molar-refractivity contribution is 0.237. The molecular weight excluding hydrogens is 184 g/mol. The van der Waals surface area contributed by atoms with Gasteiger partial charge < -0.3 is 15.7 Å². The molecule has 0 amide bonds. The molecule has 1 atom stereocenters. The van der Waals surface area contributed by atoms with Gasteiger partial charge >= 0.3 is 0 Å². The second-order valence-corrected chi connectivity index (χ2v) is 3.50. The highest BCUT2D eigenvalue weighted by molar-refractivity contribution is 5.57. The molecule has 1 aromatic rings. The minimum Gasteiger partial charge on any atom is -0.394 e. The van der Waals surface area contributed by atoms with Crippen LogP contribution >= 0.6 is 0 Å². The number of nitrogens with zero attached hydrogens (tertiary/aromatic N) is 3. The van der Waals surface area contributed by atoms with Crippen LogP contribution in [0.1, 0.15) is 19.3 Å². The zero-order valence-electron chi connectivity index (χ0n) is 7.89. The van der Waals surface area contributed by atoms with Gasteiger partial charge in [0.15, 0.2) is 0 Å². The van der Waals surface area contributed by atoms with E-state index in [1.54, 1.807) is 0 Å². The van der Waals surface area contributed by atoms with Crippen LogP contribution in [0, 0.1) is 0 Å². The number of rotatable bonds is 2. The minimum atomic E-state index is 0.0953. The van der Waals surface area contributed by atoms with Gasteiger partial charge in [0.25, 0.3) is 0 Å². The van der Waals surface area contributed by atoms with E-state index in [1.165, 1.54) is 0 Å². The molecule has 1 aliphatic rings. The summed E-state index contributed by atoms with van der Waals surface area (Å²) in [7, 11) is 0. The number of hydrogen-bond donors (Lipinski definition) is 2. The molecule has 3 N–H and O–H groups in total. The molecule has 0 aromatic carbocycles. The number of piperidine rings is 1. The average molecular weight is 198 g/mol. The van der Waals surface area contributed by atoms with E-state index in [1.807, 2.05) is 4.90 Å². The van der Waals surface area contributed by atoms with E-state index in [0.717, 1.165) is 25.8 Å². The molecule has 6 heteroatoms. The number of nitrogen functional groups attached to an aromatic ring is 1. The Morgan fingerprint density at radius 2 is 2.36 bits per heavy atom. The van der Waals surface area contributed by atoms with Crippen LogP contribution in [0.15, 0.2) is 4.63 Å². The van der Waals surface area contributed by atoms with Crippen molar-refractivity contribution in [2.24, 2.45) is 0 Å². The van der Waals surface area contributed by atoms with Crippen LogP contribution in [0.25, 0.3) is 0 Å². The van der Waals surface area contributed by atoms with Gasteiger partial charge in [0.05, 0.1) is 12.6 Å². The Kier molecular flexibility index (Phi) is 2.53. The fraction of sp³-hybridized carbons (Fsp3) is 0.750. The average Bonchev–Trinajstić information content (AvgIpc) is 2.64. The van der Waals surface area contributed by atoms with Crippen molar-refractivity contribution in [1.29, 1.82) is 0 Å². The zero-order valence-corrected chi connectivity index (χ0v) is 7.89. The van der Waals surface area contributed by atoms with Gasteiger partial charge in [-0.25, -0.2) is 4.63 Å². The Labute approximate surface area is 81.6 Å². The number of aromatic nitrogens is 2. The largest absolute Gasteiger partial charge is 0.394 e. The van der Waals surface area contributed by atoms with E-state index in [2.05, 4.69) is 14.9 Å². The van der Waals surface area contributed by atoms with Crippen molar-refractivity contribution < 1.29 is 9.74 Å². The highest BCUT2D eigenvalue weighted by atomic mass is 16.6. The number of nitrogens with two attached hydrogens (primary N) is 1. The SMILES string of the molecule is Nc1nonc1N1CCCCC1CO. The van der Waals surface area contributed by atoms with Crippen molar-refractivity contribution in [1.82, 2.24) is 10.3 Å². The number of aliphatic hydroxyl groups is 1. The van der Waals surface area contributed by atoms with Crippen LogP contribution in [0.5, 0.6) is 0 Å². The van der Waals surface area contributed by atoms with E-state index in [9.17, 15) is 5.11 Å². The number of aliphatic hydroxyl groups excluding tert-OH is 1. The first-order chi connectivity index (χ1) is 6.83. The van der Waals surface area contributed by atoms with Crippen molar-refractivity contribution in [3.05, 3.63) is 0 Å². The van der Waals surface area contributed by atoms with Gasteiger partial charge in [-0.2, -0.15) is 0 Å². The summed E-state index contributed by atoms with van der Waals surface area (Å²) in [5.74, 6) is 0.856. The molecule has 1 unspecified atom stereocenters. The maximum Gasteiger partial charge on any atom is 0.217 e. The Morgan fingerprint density at radius 3 is 3.00 bits per heavy atom. The van der Waals surface area contributed by atoms with Crippen LogP contribution in [0.4, 0.5) is 11.6 Å². The molecule has 0 saturated carbocycles. The van der Waals surface area contributed by atoms with E-state index in [0.29, 0.717) is 11.6 Å². The predicted octanol–water partition coefficient (Wildman–Crippen LogP) is 0.00300. The molecular formula is C8H14N4O2. The summed E-state index contributed by atoms with van der Waals surface area (Å²) >= 11 is 0. The van der Waals surface area contributed by atoms with Gasteiger partial charge in [-0.1, -0.05) is 0 Å². The van der Waals surface area contributed by atoms with Crippen LogP contribution in [-0.4, -0.2) is 34.6 Å². The molecule has 0 aliphatic carbocycles. The van der Waals surface area contributed by atoms with Crippen molar-refractivity contribution in [3.63, 3.8) is 0 Å². The number of anilines is 2. The molecule has 2 heterocycles. The third kappa shape index (κ3) is 1.52. The standard InChI is InChI=1S/C8H14N4O2/c9-7-8(11-14-10-7)12-4-2-1-3-6(12)5-13/h6,13H,1-5H2,(H2,9,10). The Balaban J connectivity index is 2.19. The molecule has 0 radical (unpaired) electrons. The first kappa shape index (κ1) is 9.26. The summed E-state index contributed by atoms with van der Waals surface area (Å²) in [6, 6.07) is 0.0953. The Hall–Kier alpha value is -1.30. The summed E-state index contributed by atoms with van der Waals surface area (Å²) in [6.45, 7) is 0.968. The fourth-order valence-electron chi connectivity index (χ4n) is 1.86. The Bertz CT molecular complexity index is 301. The smallest absolute Gasteiger partial charge is 0.217 e. The molecule has 78 valence electrons. The van der Waals surface area contributed by atoms with Crippen molar-refractivity contribution in [2.75, 3.05) is 23.8 Å². The van der Waals surface area contributed by atoms with Crippen LogP contribution in [0.3, 0.4) is 0 Å². The molecule has 14 heavy (non-hydrogen) atoms. The third-order valence-electron chi connectivity index (χ3n) is 2.61. The zero-order chi connectivity index (χ0) is 9.97. The molecule has 1 aliphatic heterocycles. The first-order valence-electron chi connectivity index (χ1n) is 4.78. The normalized spacial score (nSPS) is 22.6. The van der Waals surface area contributed by atoms with E-state index in [-0.39, 0.29) is 12.6 Å². The lowest BCUT2D eigenvalue weighted by Gasteiger charge is -2.34.